The molecule has 24 heavy (non-hydrogen) atoms. The Labute approximate surface area is 138 Å². The monoisotopic (exact) mass is 355 g/mol. The molecule has 0 saturated heterocycles. The van der Waals surface area contributed by atoms with Gasteiger partial charge in [0, 0.05) is 6.07 Å². The van der Waals surface area contributed by atoms with Crippen LogP contribution in [0.5, 0.6) is 0 Å². The summed E-state index contributed by atoms with van der Waals surface area (Å²) in [4.78, 5) is 10.9. The second kappa shape index (κ2) is 6.56. The quantitative estimate of drug-likeness (QED) is 0.859. The van der Waals surface area contributed by atoms with E-state index in [1.807, 2.05) is 0 Å². The average Bonchev–Trinajstić information content (AvgIpc) is 2.50. The van der Waals surface area contributed by atoms with Crippen LogP contribution >= 0.6 is 0 Å². The van der Waals surface area contributed by atoms with E-state index in [4.69, 9.17) is 5.11 Å². The number of anilines is 1. The van der Waals surface area contributed by atoms with Crippen molar-refractivity contribution >= 4 is 21.7 Å². The molecule has 0 bridgehead atoms. The molecule has 5 nitrogen and oxygen atoms in total. The second-order valence-corrected chi connectivity index (χ2v) is 7.10. The van der Waals surface area contributed by atoms with Gasteiger partial charge in [0.2, 0.25) is 0 Å². The van der Waals surface area contributed by atoms with Crippen LogP contribution in [-0.4, -0.2) is 19.5 Å². The van der Waals surface area contributed by atoms with Crippen molar-refractivity contribution in [1.82, 2.24) is 0 Å². The molecular formula is C16H15F2NO4S. The third-order valence-corrected chi connectivity index (χ3v) is 4.78. The van der Waals surface area contributed by atoms with Crippen LogP contribution in [0.3, 0.4) is 0 Å². The van der Waals surface area contributed by atoms with Gasteiger partial charge in [0.25, 0.3) is 10.0 Å². The van der Waals surface area contributed by atoms with Crippen molar-refractivity contribution in [2.75, 3.05) is 4.72 Å². The molecule has 0 spiro atoms. The summed E-state index contributed by atoms with van der Waals surface area (Å²) in [5.41, 5.74) is 0.0597. The molecule has 2 N–H and O–H groups in total. The third kappa shape index (κ3) is 3.70. The smallest absolute Gasteiger partial charge is 0.335 e. The van der Waals surface area contributed by atoms with Gasteiger partial charge in [0.1, 0.15) is 0 Å². The van der Waals surface area contributed by atoms with Crippen molar-refractivity contribution in [3.63, 3.8) is 0 Å². The first kappa shape index (κ1) is 17.9. The Balaban J connectivity index is 2.52. The largest absolute Gasteiger partial charge is 0.478 e. The molecule has 0 atom stereocenters. The zero-order valence-corrected chi connectivity index (χ0v) is 13.7. The fourth-order valence-electron chi connectivity index (χ4n) is 2.15. The third-order valence-electron chi connectivity index (χ3n) is 3.34. The molecule has 0 radical (unpaired) electrons. The molecule has 0 amide bonds. The number of hydrogen-bond donors (Lipinski definition) is 2. The van der Waals surface area contributed by atoms with Crippen LogP contribution in [0.4, 0.5) is 14.5 Å². The molecule has 0 aliphatic heterocycles. The van der Waals surface area contributed by atoms with Gasteiger partial charge in [-0.1, -0.05) is 19.9 Å². The molecule has 2 rings (SSSR count). The zero-order valence-electron chi connectivity index (χ0n) is 12.9. The standard InChI is InChI=1S/C16H15F2NO4S/c1-9(2)12-5-3-10(16(20)21)7-15(12)24(22,23)19-11-4-6-13(17)14(18)8-11/h3-9,19H,1-2H3,(H,20,21). The van der Waals surface area contributed by atoms with E-state index in [0.29, 0.717) is 11.6 Å². The van der Waals surface area contributed by atoms with Crippen molar-refractivity contribution in [3.8, 4) is 0 Å². The number of aromatic carboxylic acids is 1. The predicted octanol–water partition coefficient (Wildman–Crippen LogP) is 3.59. The Morgan fingerprint density at radius 1 is 1.08 bits per heavy atom. The minimum Gasteiger partial charge on any atom is -0.478 e. The number of carboxylic acids is 1. The van der Waals surface area contributed by atoms with Crippen molar-refractivity contribution in [2.45, 2.75) is 24.7 Å². The summed E-state index contributed by atoms with van der Waals surface area (Å²) in [6.45, 7) is 3.51. The zero-order chi connectivity index (χ0) is 18.1. The van der Waals surface area contributed by atoms with E-state index >= 15 is 0 Å². The van der Waals surface area contributed by atoms with E-state index in [2.05, 4.69) is 4.72 Å². The summed E-state index contributed by atoms with van der Waals surface area (Å²) >= 11 is 0. The first-order valence-corrected chi connectivity index (χ1v) is 8.45. The summed E-state index contributed by atoms with van der Waals surface area (Å²) < 4.78 is 53.5. The fourth-order valence-corrected chi connectivity index (χ4v) is 3.59. The van der Waals surface area contributed by atoms with Crippen molar-refractivity contribution in [1.29, 1.82) is 0 Å². The Morgan fingerprint density at radius 2 is 1.75 bits per heavy atom. The molecule has 8 heteroatoms. The highest BCUT2D eigenvalue weighted by Gasteiger charge is 2.22. The highest BCUT2D eigenvalue weighted by atomic mass is 32.2. The van der Waals surface area contributed by atoms with Gasteiger partial charge in [0.15, 0.2) is 11.6 Å². The van der Waals surface area contributed by atoms with Gasteiger partial charge in [-0.2, -0.15) is 0 Å². The van der Waals surface area contributed by atoms with Crippen LogP contribution in [0.15, 0.2) is 41.3 Å². The van der Waals surface area contributed by atoms with E-state index in [-0.39, 0.29) is 22.1 Å². The number of halogens is 2. The van der Waals surface area contributed by atoms with Crippen LogP contribution < -0.4 is 4.72 Å². The molecule has 2 aromatic rings. The molecule has 0 fully saturated rings. The molecule has 128 valence electrons. The number of carbonyl (C=O) groups is 1. The first-order valence-electron chi connectivity index (χ1n) is 6.97. The molecule has 0 unspecified atom stereocenters. The lowest BCUT2D eigenvalue weighted by Crippen LogP contribution is -2.17. The second-order valence-electron chi connectivity index (χ2n) is 5.45. The molecule has 0 aliphatic rings. The number of rotatable bonds is 5. The molecule has 0 aromatic heterocycles. The van der Waals surface area contributed by atoms with Crippen LogP contribution in [-0.2, 0) is 10.0 Å². The summed E-state index contributed by atoms with van der Waals surface area (Å²) in [5.74, 6) is -3.76. The Hall–Kier alpha value is -2.48. The number of nitrogens with one attached hydrogen (secondary N) is 1. The topological polar surface area (TPSA) is 83.5 Å². The first-order chi connectivity index (χ1) is 11.1. The summed E-state index contributed by atoms with van der Waals surface area (Å²) in [6, 6.07) is 6.36. The molecule has 2 aromatic carbocycles. The maximum Gasteiger partial charge on any atom is 0.335 e. The van der Waals surface area contributed by atoms with Crippen LogP contribution in [0.2, 0.25) is 0 Å². The highest BCUT2D eigenvalue weighted by Crippen LogP contribution is 2.27. The Bertz CT molecular complexity index is 895. The average molecular weight is 355 g/mol. The van der Waals surface area contributed by atoms with E-state index in [1.54, 1.807) is 13.8 Å². The number of hydrogen-bond acceptors (Lipinski definition) is 3. The summed E-state index contributed by atoms with van der Waals surface area (Å²) in [7, 11) is -4.18. The lowest BCUT2D eigenvalue weighted by molar-refractivity contribution is 0.0696. The van der Waals surface area contributed by atoms with Crippen LogP contribution in [0.25, 0.3) is 0 Å². The van der Waals surface area contributed by atoms with Gasteiger partial charge >= 0.3 is 5.97 Å². The minimum absolute atomic E-state index is 0.163. The van der Waals surface area contributed by atoms with E-state index in [0.717, 1.165) is 18.2 Å². The normalized spacial score (nSPS) is 11.5. The Morgan fingerprint density at radius 3 is 2.29 bits per heavy atom. The predicted molar refractivity (Wildman–Crippen MR) is 84.7 cm³/mol. The number of sulfonamides is 1. The SMILES string of the molecule is CC(C)c1ccc(C(=O)O)cc1S(=O)(=O)Nc1ccc(F)c(F)c1. The number of benzene rings is 2. The van der Waals surface area contributed by atoms with Gasteiger partial charge in [-0.25, -0.2) is 22.0 Å². The van der Waals surface area contributed by atoms with Crippen molar-refractivity contribution in [3.05, 3.63) is 59.2 Å². The lowest BCUT2D eigenvalue weighted by Gasteiger charge is -2.15. The fraction of sp³-hybridized carbons (Fsp3) is 0.188. The van der Waals surface area contributed by atoms with Crippen LogP contribution in [0, 0.1) is 11.6 Å². The van der Waals surface area contributed by atoms with Crippen molar-refractivity contribution in [2.24, 2.45) is 0 Å². The van der Waals surface area contributed by atoms with Crippen LogP contribution in [0.1, 0.15) is 35.7 Å². The lowest BCUT2D eigenvalue weighted by atomic mass is 10.0. The van der Waals surface area contributed by atoms with Gasteiger partial charge in [-0.3, -0.25) is 4.72 Å². The maximum atomic E-state index is 13.2. The summed E-state index contributed by atoms with van der Waals surface area (Å²) in [6.07, 6.45) is 0. The minimum atomic E-state index is -4.18. The van der Waals surface area contributed by atoms with Gasteiger partial charge < -0.3 is 5.11 Å². The van der Waals surface area contributed by atoms with Gasteiger partial charge in [0.05, 0.1) is 16.1 Å². The molecule has 0 heterocycles. The number of carboxylic acid groups (broad SMARTS) is 1. The van der Waals surface area contributed by atoms with Gasteiger partial charge in [-0.15, -0.1) is 0 Å². The maximum absolute atomic E-state index is 13.2. The summed E-state index contributed by atoms with van der Waals surface area (Å²) in [5, 5.41) is 9.05. The Kier molecular flexibility index (Phi) is 4.88. The van der Waals surface area contributed by atoms with Gasteiger partial charge in [-0.05, 0) is 35.7 Å². The van der Waals surface area contributed by atoms with E-state index < -0.39 is 27.6 Å². The van der Waals surface area contributed by atoms with Crippen molar-refractivity contribution < 1.29 is 27.1 Å². The molecule has 0 saturated carbocycles. The highest BCUT2D eigenvalue weighted by molar-refractivity contribution is 7.92. The van der Waals surface area contributed by atoms with E-state index in [9.17, 15) is 22.0 Å². The molecule has 0 aliphatic carbocycles. The molecular weight excluding hydrogens is 340 g/mol. The van der Waals surface area contributed by atoms with E-state index in [1.165, 1.54) is 12.1 Å².